The molecule has 3 N–H and O–H groups in total. The summed E-state index contributed by atoms with van der Waals surface area (Å²) in [6, 6.07) is 4.62. The van der Waals surface area contributed by atoms with Gasteiger partial charge in [0.05, 0.1) is 12.7 Å². The first-order valence-electron chi connectivity index (χ1n) is 3.90. The Morgan fingerprint density at radius 3 is 2.79 bits per heavy atom. The summed E-state index contributed by atoms with van der Waals surface area (Å²) in [5.74, 6) is 0.286. The summed E-state index contributed by atoms with van der Waals surface area (Å²) in [7, 11) is 1.45. The molecule has 0 unspecified atom stereocenters. The van der Waals surface area contributed by atoms with Crippen molar-refractivity contribution in [2.24, 2.45) is 0 Å². The van der Waals surface area contributed by atoms with E-state index in [1.165, 1.54) is 19.2 Å². The van der Waals surface area contributed by atoms with Gasteiger partial charge in [-0.05, 0) is 6.07 Å². The molecule has 1 aromatic carbocycles. The number of phenolic OH excluding ortho intramolecular Hbond substituents is 1. The predicted molar refractivity (Wildman–Crippen MR) is 48.0 cm³/mol. The van der Waals surface area contributed by atoms with Gasteiger partial charge in [-0.15, -0.1) is 0 Å². The van der Waals surface area contributed by atoms with Gasteiger partial charge in [-0.25, -0.2) is 5.48 Å². The van der Waals surface area contributed by atoms with E-state index in [0.29, 0.717) is 11.3 Å². The number of rotatable bonds is 3. The molecular weight excluding hydrogens is 184 g/mol. The van der Waals surface area contributed by atoms with Gasteiger partial charge in [0.25, 0.3) is 0 Å². The van der Waals surface area contributed by atoms with Crippen LogP contribution in [0, 0.1) is 11.3 Å². The van der Waals surface area contributed by atoms with Crippen molar-refractivity contribution in [3.8, 4) is 17.6 Å². The SMILES string of the molecule is COc1cc(O)c(C#N)cc1CNO. The van der Waals surface area contributed by atoms with Gasteiger partial charge in [-0.3, -0.25) is 0 Å². The number of hydrogen-bond donors (Lipinski definition) is 3. The second-order valence-electron chi connectivity index (χ2n) is 2.63. The highest BCUT2D eigenvalue weighted by Gasteiger charge is 2.08. The number of ether oxygens (including phenoxy) is 1. The molecule has 74 valence electrons. The van der Waals surface area contributed by atoms with Crippen molar-refractivity contribution in [1.82, 2.24) is 5.48 Å². The molecule has 0 radical (unpaired) electrons. The van der Waals surface area contributed by atoms with E-state index in [2.05, 4.69) is 0 Å². The van der Waals surface area contributed by atoms with Crippen LogP contribution in [0.2, 0.25) is 0 Å². The van der Waals surface area contributed by atoms with Crippen LogP contribution in [0.1, 0.15) is 11.1 Å². The quantitative estimate of drug-likeness (QED) is 0.618. The number of benzene rings is 1. The maximum Gasteiger partial charge on any atom is 0.137 e. The third-order valence-electron chi connectivity index (χ3n) is 1.79. The van der Waals surface area contributed by atoms with E-state index in [-0.39, 0.29) is 17.9 Å². The van der Waals surface area contributed by atoms with Crippen molar-refractivity contribution in [1.29, 1.82) is 5.26 Å². The Morgan fingerprint density at radius 2 is 2.29 bits per heavy atom. The third kappa shape index (κ3) is 1.93. The molecule has 0 spiro atoms. The zero-order valence-corrected chi connectivity index (χ0v) is 7.61. The summed E-state index contributed by atoms with van der Waals surface area (Å²) >= 11 is 0. The minimum Gasteiger partial charge on any atom is -0.506 e. The van der Waals surface area contributed by atoms with Crippen LogP contribution in [-0.2, 0) is 6.54 Å². The standard InChI is InChI=1S/C9H10N2O3/c1-14-9-3-8(12)6(4-10)2-7(9)5-11-13/h2-3,11-13H,5H2,1H3. The summed E-state index contributed by atoms with van der Waals surface area (Å²) in [4.78, 5) is 0. The van der Waals surface area contributed by atoms with Crippen molar-refractivity contribution in [2.45, 2.75) is 6.54 Å². The monoisotopic (exact) mass is 194 g/mol. The Bertz CT molecular complexity index is 371. The fourth-order valence-corrected chi connectivity index (χ4v) is 1.12. The van der Waals surface area contributed by atoms with Gasteiger partial charge in [0.2, 0.25) is 0 Å². The van der Waals surface area contributed by atoms with Gasteiger partial charge >= 0.3 is 0 Å². The molecule has 0 heterocycles. The molecule has 0 atom stereocenters. The molecule has 0 aromatic heterocycles. The minimum absolute atomic E-state index is 0.133. The lowest BCUT2D eigenvalue weighted by Crippen LogP contribution is -2.07. The number of aromatic hydroxyl groups is 1. The van der Waals surface area contributed by atoms with Gasteiger partial charge in [0.15, 0.2) is 0 Å². The van der Waals surface area contributed by atoms with Gasteiger partial charge in [0, 0.05) is 18.2 Å². The summed E-state index contributed by atoms with van der Waals surface area (Å²) < 4.78 is 4.96. The lowest BCUT2D eigenvalue weighted by Gasteiger charge is -2.08. The number of hydrogen-bond acceptors (Lipinski definition) is 5. The van der Waals surface area contributed by atoms with E-state index in [1.807, 2.05) is 11.5 Å². The molecule has 0 aliphatic rings. The van der Waals surface area contributed by atoms with Crippen LogP contribution in [0.15, 0.2) is 12.1 Å². The van der Waals surface area contributed by atoms with Crippen LogP contribution in [0.3, 0.4) is 0 Å². The smallest absolute Gasteiger partial charge is 0.137 e. The summed E-state index contributed by atoms with van der Waals surface area (Å²) in [6.07, 6.45) is 0. The molecule has 5 nitrogen and oxygen atoms in total. The number of hydroxylamine groups is 1. The van der Waals surface area contributed by atoms with Crippen LogP contribution in [-0.4, -0.2) is 17.4 Å². The average molecular weight is 194 g/mol. The number of nitrogens with one attached hydrogen (secondary N) is 1. The Morgan fingerprint density at radius 1 is 1.57 bits per heavy atom. The van der Waals surface area contributed by atoms with Crippen molar-refractivity contribution >= 4 is 0 Å². The normalized spacial score (nSPS) is 9.50. The van der Waals surface area contributed by atoms with E-state index >= 15 is 0 Å². The van der Waals surface area contributed by atoms with E-state index in [0.717, 1.165) is 0 Å². The minimum atomic E-state index is -0.133. The first kappa shape index (κ1) is 10.3. The Kier molecular flexibility index (Phi) is 3.29. The highest BCUT2D eigenvalue weighted by molar-refractivity contribution is 5.51. The van der Waals surface area contributed by atoms with E-state index in [9.17, 15) is 5.11 Å². The number of phenols is 1. The van der Waals surface area contributed by atoms with Crippen molar-refractivity contribution in [3.05, 3.63) is 23.3 Å². The molecule has 1 aromatic rings. The molecule has 0 bridgehead atoms. The van der Waals surface area contributed by atoms with Crippen molar-refractivity contribution in [3.63, 3.8) is 0 Å². The summed E-state index contributed by atoms with van der Waals surface area (Å²) in [6.45, 7) is 0.151. The van der Waals surface area contributed by atoms with E-state index in [1.54, 1.807) is 0 Å². The Hall–Kier alpha value is -1.77. The number of nitriles is 1. The maximum absolute atomic E-state index is 9.33. The van der Waals surface area contributed by atoms with E-state index in [4.69, 9.17) is 15.2 Å². The highest BCUT2D eigenvalue weighted by atomic mass is 16.5. The average Bonchev–Trinajstić information content (AvgIpc) is 2.20. The first-order chi connectivity index (χ1) is 6.72. The third-order valence-corrected chi connectivity index (χ3v) is 1.79. The topological polar surface area (TPSA) is 85.5 Å². The molecule has 14 heavy (non-hydrogen) atoms. The molecule has 0 aliphatic heterocycles. The number of nitrogens with zero attached hydrogens (tertiary/aromatic N) is 1. The summed E-state index contributed by atoms with van der Waals surface area (Å²) in [5.41, 5.74) is 2.71. The zero-order chi connectivity index (χ0) is 10.6. The first-order valence-corrected chi connectivity index (χ1v) is 3.90. The second-order valence-corrected chi connectivity index (χ2v) is 2.63. The lowest BCUT2D eigenvalue weighted by atomic mass is 10.1. The van der Waals surface area contributed by atoms with Crippen molar-refractivity contribution in [2.75, 3.05) is 7.11 Å². The molecule has 0 amide bonds. The highest BCUT2D eigenvalue weighted by Crippen LogP contribution is 2.27. The van der Waals surface area contributed by atoms with E-state index < -0.39 is 0 Å². The Labute approximate surface area is 81.1 Å². The largest absolute Gasteiger partial charge is 0.506 e. The predicted octanol–water partition coefficient (Wildman–Crippen LogP) is 0.751. The molecule has 0 fully saturated rings. The lowest BCUT2D eigenvalue weighted by molar-refractivity contribution is 0.160. The van der Waals surface area contributed by atoms with Crippen LogP contribution in [0.25, 0.3) is 0 Å². The van der Waals surface area contributed by atoms with Crippen LogP contribution < -0.4 is 10.2 Å². The molecular formula is C9H10N2O3. The van der Waals surface area contributed by atoms with Crippen LogP contribution in [0.4, 0.5) is 0 Å². The zero-order valence-electron chi connectivity index (χ0n) is 7.61. The molecule has 0 aliphatic carbocycles. The molecule has 1 rings (SSSR count). The van der Waals surface area contributed by atoms with Crippen molar-refractivity contribution < 1.29 is 15.1 Å². The van der Waals surface area contributed by atoms with Gasteiger partial charge in [0.1, 0.15) is 17.6 Å². The van der Waals surface area contributed by atoms with Gasteiger partial charge in [-0.2, -0.15) is 5.26 Å². The molecule has 0 saturated heterocycles. The molecule has 0 saturated carbocycles. The number of methoxy groups -OCH3 is 1. The fourth-order valence-electron chi connectivity index (χ4n) is 1.12. The second kappa shape index (κ2) is 4.46. The van der Waals surface area contributed by atoms with Crippen LogP contribution >= 0.6 is 0 Å². The Balaban J connectivity index is 3.19. The van der Waals surface area contributed by atoms with Gasteiger partial charge < -0.3 is 15.1 Å². The summed E-state index contributed by atoms with van der Waals surface area (Å²) in [5, 5.41) is 26.5. The van der Waals surface area contributed by atoms with Crippen LogP contribution in [0.5, 0.6) is 11.5 Å². The molecule has 5 heteroatoms. The maximum atomic E-state index is 9.33. The fraction of sp³-hybridized carbons (Fsp3) is 0.222. The van der Waals surface area contributed by atoms with Gasteiger partial charge in [-0.1, -0.05) is 0 Å².